The highest BCUT2D eigenvalue weighted by Gasteiger charge is 2.26. The van der Waals surface area contributed by atoms with E-state index in [1.165, 1.54) is 30.6 Å². The molecule has 1 unspecified atom stereocenters. The second kappa shape index (κ2) is 6.99. The second-order valence-corrected chi connectivity index (χ2v) is 6.51. The smallest absolute Gasteiger partial charge is 0.137 e. The molecule has 1 aliphatic carbocycles. The van der Waals surface area contributed by atoms with Gasteiger partial charge in [-0.2, -0.15) is 5.10 Å². The largest absolute Gasteiger partial charge is 0.309 e. The fraction of sp³-hybridized carbons (Fsp3) is 0.600. The maximum Gasteiger partial charge on any atom is 0.137 e. The monoisotopic (exact) mass is 290 g/mol. The van der Waals surface area contributed by atoms with Gasteiger partial charge in [0.15, 0.2) is 0 Å². The zero-order valence-corrected chi connectivity index (χ0v) is 12.5. The number of aromatic nitrogens is 3. The van der Waals surface area contributed by atoms with Crippen LogP contribution in [0, 0.1) is 5.92 Å². The molecule has 1 saturated carbocycles. The summed E-state index contributed by atoms with van der Waals surface area (Å²) in [7, 11) is 0. The summed E-state index contributed by atoms with van der Waals surface area (Å²) in [4.78, 5) is 5.66. The van der Waals surface area contributed by atoms with Gasteiger partial charge in [-0.15, -0.1) is 11.3 Å². The fourth-order valence-corrected chi connectivity index (χ4v) is 4.02. The molecule has 108 valence electrons. The van der Waals surface area contributed by atoms with Crippen LogP contribution in [0.3, 0.4) is 0 Å². The molecular formula is C15H22N4S. The molecule has 1 aliphatic rings. The van der Waals surface area contributed by atoms with E-state index in [1.807, 2.05) is 11.3 Å². The molecular weight excluding hydrogens is 268 g/mol. The summed E-state index contributed by atoms with van der Waals surface area (Å²) in [5, 5.41) is 12.8. The Morgan fingerprint density at radius 2 is 2.30 bits per heavy atom. The Morgan fingerprint density at radius 1 is 1.40 bits per heavy atom. The van der Waals surface area contributed by atoms with Gasteiger partial charge in [-0.25, -0.2) is 4.98 Å². The van der Waals surface area contributed by atoms with Gasteiger partial charge >= 0.3 is 0 Å². The molecule has 2 heterocycles. The highest BCUT2D eigenvalue weighted by molar-refractivity contribution is 7.10. The Balaban J connectivity index is 1.51. The topological polar surface area (TPSA) is 53.6 Å². The molecule has 0 saturated heterocycles. The van der Waals surface area contributed by atoms with E-state index in [2.05, 4.69) is 38.0 Å². The molecule has 2 aromatic heterocycles. The number of aromatic amines is 1. The molecule has 4 nitrogen and oxygen atoms in total. The van der Waals surface area contributed by atoms with Crippen LogP contribution >= 0.6 is 11.3 Å². The summed E-state index contributed by atoms with van der Waals surface area (Å²) in [5.41, 5.74) is 0. The standard InChI is InChI=1S/C15H22N4S/c1-2-6-12(5-1)15(13-7-4-10-20-13)16-9-3-8-14-17-11-18-19-14/h4,7,10-12,15-16H,1-3,5-6,8-9H2,(H,17,18,19). The summed E-state index contributed by atoms with van der Waals surface area (Å²) in [6, 6.07) is 4.99. The molecule has 0 aromatic carbocycles. The molecule has 2 aromatic rings. The first-order valence-electron chi connectivity index (χ1n) is 7.54. The summed E-state index contributed by atoms with van der Waals surface area (Å²) in [5.74, 6) is 1.80. The van der Waals surface area contributed by atoms with Gasteiger partial charge in [-0.3, -0.25) is 5.10 Å². The number of nitrogens with one attached hydrogen (secondary N) is 2. The van der Waals surface area contributed by atoms with E-state index in [0.29, 0.717) is 6.04 Å². The third-order valence-electron chi connectivity index (χ3n) is 4.14. The lowest BCUT2D eigenvalue weighted by Crippen LogP contribution is -2.27. The van der Waals surface area contributed by atoms with Crippen molar-refractivity contribution in [3.63, 3.8) is 0 Å². The number of thiophene rings is 1. The van der Waals surface area contributed by atoms with Gasteiger partial charge in [-0.05, 0) is 43.2 Å². The van der Waals surface area contributed by atoms with Crippen LogP contribution in [-0.2, 0) is 6.42 Å². The normalized spacial score (nSPS) is 17.6. The van der Waals surface area contributed by atoms with Gasteiger partial charge < -0.3 is 5.32 Å². The average Bonchev–Trinajstić information content (AvgIpc) is 3.22. The van der Waals surface area contributed by atoms with Crippen molar-refractivity contribution in [2.45, 2.75) is 44.6 Å². The van der Waals surface area contributed by atoms with Gasteiger partial charge in [0.2, 0.25) is 0 Å². The Bertz CT molecular complexity index is 474. The molecule has 1 atom stereocenters. The van der Waals surface area contributed by atoms with Crippen molar-refractivity contribution in [2.75, 3.05) is 6.54 Å². The van der Waals surface area contributed by atoms with Gasteiger partial charge in [0, 0.05) is 17.3 Å². The molecule has 20 heavy (non-hydrogen) atoms. The molecule has 2 N–H and O–H groups in total. The summed E-state index contributed by atoms with van der Waals surface area (Å²) >= 11 is 1.88. The lowest BCUT2D eigenvalue weighted by molar-refractivity contribution is 0.370. The van der Waals surface area contributed by atoms with E-state index in [0.717, 1.165) is 31.1 Å². The molecule has 3 rings (SSSR count). The zero-order chi connectivity index (χ0) is 13.6. The number of hydrogen-bond donors (Lipinski definition) is 2. The zero-order valence-electron chi connectivity index (χ0n) is 11.7. The number of rotatable bonds is 7. The van der Waals surface area contributed by atoms with Crippen molar-refractivity contribution in [1.29, 1.82) is 0 Å². The minimum atomic E-state index is 0.548. The van der Waals surface area contributed by atoms with Crippen molar-refractivity contribution in [3.05, 3.63) is 34.5 Å². The number of aryl methyl sites for hydroxylation is 1. The second-order valence-electron chi connectivity index (χ2n) is 5.53. The highest BCUT2D eigenvalue weighted by Crippen LogP contribution is 2.37. The first-order chi connectivity index (χ1) is 9.93. The third-order valence-corrected chi connectivity index (χ3v) is 5.10. The van der Waals surface area contributed by atoms with Crippen LogP contribution in [0.25, 0.3) is 0 Å². The Hall–Kier alpha value is -1.20. The molecule has 5 heteroatoms. The Labute approximate surface area is 124 Å². The summed E-state index contributed by atoms with van der Waals surface area (Å²) < 4.78 is 0. The molecule has 0 aliphatic heterocycles. The van der Waals surface area contributed by atoms with E-state index in [1.54, 1.807) is 6.33 Å². The molecule has 0 spiro atoms. The van der Waals surface area contributed by atoms with Crippen molar-refractivity contribution < 1.29 is 0 Å². The van der Waals surface area contributed by atoms with Gasteiger partial charge in [-0.1, -0.05) is 18.9 Å². The predicted octanol–water partition coefficient (Wildman–Crippen LogP) is 3.32. The van der Waals surface area contributed by atoms with Crippen LogP contribution < -0.4 is 5.32 Å². The summed E-state index contributed by atoms with van der Waals surface area (Å²) in [6.45, 7) is 1.04. The minimum absolute atomic E-state index is 0.548. The number of H-pyrrole nitrogens is 1. The first kappa shape index (κ1) is 13.8. The minimum Gasteiger partial charge on any atom is -0.309 e. The van der Waals surface area contributed by atoms with Crippen LogP contribution in [0.2, 0.25) is 0 Å². The van der Waals surface area contributed by atoms with Crippen molar-refractivity contribution in [2.24, 2.45) is 5.92 Å². The lowest BCUT2D eigenvalue weighted by atomic mass is 9.96. The Kier molecular flexibility index (Phi) is 4.82. The SMILES string of the molecule is c1csc(C(NCCCc2ncn[nH]2)C2CCCC2)c1. The van der Waals surface area contributed by atoms with E-state index in [-0.39, 0.29) is 0 Å². The predicted molar refractivity (Wildman–Crippen MR) is 81.7 cm³/mol. The van der Waals surface area contributed by atoms with Gasteiger partial charge in [0.05, 0.1) is 0 Å². The molecule has 0 bridgehead atoms. The maximum atomic E-state index is 4.17. The van der Waals surface area contributed by atoms with Crippen molar-refractivity contribution >= 4 is 11.3 Å². The van der Waals surface area contributed by atoms with E-state index in [9.17, 15) is 0 Å². The molecule has 0 amide bonds. The number of nitrogens with zero attached hydrogens (tertiary/aromatic N) is 2. The fourth-order valence-electron chi connectivity index (χ4n) is 3.12. The molecule has 0 radical (unpaired) electrons. The van der Waals surface area contributed by atoms with Crippen LogP contribution in [0.5, 0.6) is 0 Å². The molecule has 1 fully saturated rings. The maximum absolute atomic E-state index is 4.17. The van der Waals surface area contributed by atoms with Crippen molar-refractivity contribution in [3.8, 4) is 0 Å². The van der Waals surface area contributed by atoms with E-state index >= 15 is 0 Å². The number of hydrogen-bond acceptors (Lipinski definition) is 4. The van der Waals surface area contributed by atoms with Gasteiger partial charge in [0.25, 0.3) is 0 Å². The summed E-state index contributed by atoms with van der Waals surface area (Å²) in [6.07, 6.45) is 9.18. The van der Waals surface area contributed by atoms with Crippen LogP contribution in [0.1, 0.15) is 48.8 Å². The van der Waals surface area contributed by atoms with E-state index in [4.69, 9.17) is 0 Å². The van der Waals surface area contributed by atoms with Crippen LogP contribution in [0.4, 0.5) is 0 Å². The van der Waals surface area contributed by atoms with Gasteiger partial charge in [0.1, 0.15) is 12.2 Å². The first-order valence-corrected chi connectivity index (χ1v) is 8.42. The third kappa shape index (κ3) is 3.46. The van der Waals surface area contributed by atoms with Crippen molar-refractivity contribution in [1.82, 2.24) is 20.5 Å². The van der Waals surface area contributed by atoms with Crippen LogP contribution in [0.15, 0.2) is 23.8 Å². The lowest BCUT2D eigenvalue weighted by Gasteiger charge is -2.23. The highest BCUT2D eigenvalue weighted by atomic mass is 32.1. The van der Waals surface area contributed by atoms with E-state index < -0.39 is 0 Å². The average molecular weight is 290 g/mol. The van der Waals surface area contributed by atoms with Crippen LogP contribution in [-0.4, -0.2) is 21.7 Å². The quantitative estimate of drug-likeness (QED) is 0.769. The Morgan fingerprint density at radius 3 is 3.00 bits per heavy atom.